The van der Waals surface area contributed by atoms with E-state index in [0.29, 0.717) is 0 Å². The summed E-state index contributed by atoms with van der Waals surface area (Å²) in [6.45, 7) is 8.32. The van der Waals surface area contributed by atoms with E-state index in [0.717, 1.165) is 59.7 Å². The summed E-state index contributed by atoms with van der Waals surface area (Å²) >= 11 is 0. The fourth-order valence-corrected chi connectivity index (χ4v) is 4.69. The molecule has 0 amide bonds. The summed E-state index contributed by atoms with van der Waals surface area (Å²) < 4.78 is 0. The first-order valence-corrected chi connectivity index (χ1v) is 11.9. The summed E-state index contributed by atoms with van der Waals surface area (Å²) in [6.07, 6.45) is 2.54. The van der Waals surface area contributed by atoms with Crippen molar-refractivity contribution in [2.24, 2.45) is 0 Å². The second-order valence-corrected chi connectivity index (χ2v) is 9.63. The highest BCUT2D eigenvalue weighted by Gasteiger charge is 2.28. The Kier molecular flexibility index (Phi) is 5.92. The molecular weight excluding hydrogens is 422 g/mol. The molecule has 0 aliphatic carbocycles. The van der Waals surface area contributed by atoms with Gasteiger partial charge in [-0.25, -0.2) is 4.98 Å². The van der Waals surface area contributed by atoms with Crippen LogP contribution in [-0.4, -0.2) is 46.0 Å². The van der Waals surface area contributed by atoms with E-state index < -0.39 is 5.60 Å². The first kappa shape index (κ1) is 22.3. The summed E-state index contributed by atoms with van der Waals surface area (Å²) in [5.41, 5.74) is 2.18. The molecule has 1 fully saturated rings. The maximum absolute atomic E-state index is 10.2. The second kappa shape index (κ2) is 9.03. The third-order valence-corrected chi connectivity index (χ3v) is 6.64. The molecule has 1 aliphatic heterocycles. The standard InChI is InChI=1S/C28H31N5O/c1-20-19-32(26-14-13-22(18-29-26)28(2,3)34)15-16-33(20)27-24-12-8-7-11-23(24)25(30-31-27)17-21-9-5-4-6-10-21/h4-14,18,20,34H,15-17,19H2,1-3H3/t20-/m0/s1. The SMILES string of the molecule is C[C@H]1CN(c2ccc(C(C)(C)O)cn2)CCN1c1nnc(Cc2ccccc2)c2ccccc12. The normalized spacial score (nSPS) is 16.8. The minimum absolute atomic E-state index is 0.252. The number of anilines is 2. The van der Waals surface area contributed by atoms with Crippen LogP contribution in [0.1, 0.15) is 37.6 Å². The largest absolute Gasteiger partial charge is 0.386 e. The summed E-state index contributed by atoms with van der Waals surface area (Å²) in [7, 11) is 0. The van der Waals surface area contributed by atoms with Gasteiger partial charge in [0.1, 0.15) is 5.82 Å². The average Bonchev–Trinajstić information content (AvgIpc) is 2.85. The molecule has 1 saturated heterocycles. The zero-order valence-electron chi connectivity index (χ0n) is 20.0. The van der Waals surface area contributed by atoms with Gasteiger partial charge in [0.25, 0.3) is 0 Å². The van der Waals surface area contributed by atoms with Crippen molar-refractivity contribution in [3.63, 3.8) is 0 Å². The van der Waals surface area contributed by atoms with Crippen LogP contribution in [0.2, 0.25) is 0 Å². The molecule has 1 aliphatic rings. The van der Waals surface area contributed by atoms with E-state index in [9.17, 15) is 5.11 Å². The summed E-state index contributed by atoms with van der Waals surface area (Å²) in [4.78, 5) is 9.29. The van der Waals surface area contributed by atoms with Gasteiger partial charge in [-0.2, -0.15) is 5.10 Å². The highest BCUT2D eigenvalue weighted by molar-refractivity contribution is 5.93. The molecule has 0 saturated carbocycles. The van der Waals surface area contributed by atoms with Crippen molar-refractivity contribution in [3.8, 4) is 0 Å². The topological polar surface area (TPSA) is 65.4 Å². The van der Waals surface area contributed by atoms with E-state index in [1.807, 2.05) is 18.2 Å². The van der Waals surface area contributed by atoms with Gasteiger partial charge in [-0.1, -0.05) is 60.7 Å². The van der Waals surface area contributed by atoms with E-state index in [1.54, 1.807) is 20.0 Å². The molecule has 6 nitrogen and oxygen atoms in total. The predicted molar refractivity (Wildman–Crippen MR) is 137 cm³/mol. The van der Waals surface area contributed by atoms with Crippen LogP contribution in [0.4, 0.5) is 11.6 Å². The van der Waals surface area contributed by atoms with Gasteiger partial charge in [0.05, 0.1) is 11.3 Å². The predicted octanol–water partition coefficient (Wildman–Crippen LogP) is 4.56. The van der Waals surface area contributed by atoms with Crippen LogP contribution in [0.5, 0.6) is 0 Å². The number of fused-ring (bicyclic) bond motifs is 1. The lowest BCUT2D eigenvalue weighted by molar-refractivity contribution is 0.0782. The van der Waals surface area contributed by atoms with Crippen molar-refractivity contribution in [1.29, 1.82) is 0 Å². The van der Waals surface area contributed by atoms with Gasteiger partial charge in [-0.05, 0) is 32.4 Å². The molecule has 174 valence electrons. The Morgan fingerprint density at radius 1 is 0.912 bits per heavy atom. The third-order valence-electron chi connectivity index (χ3n) is 6.64. The number of pyridine rings is 1. The Morgan fingerprint density at radius 2 is 1.65 bits per heavy atom. The molecular formula is C28H31N5O. The number of hydrogen-bond donors (Lipinski definition) is 1. The number of aromatic nitrogens is 3. The Bertz CT molecular complexity index is 1270. The number of hydrogen-bond acceptors (Lipinski definition) is 6. The number of benzene rings is 2. The molecule has 0 spiro atoms. The molecule has 0 bridgehead atoms. The Balaban J connectivity index is 1.38. The molecule has 2 aromatic carbocycles. The van der Waals surface area contributed by atoms with Gasteiger partial charge in [0.2, 0.25) is 0 Å². The quantitative estimate of drug-likeness (QED) is 0.478. The maximum atomic E-state index is 10.2. The minimum Gasteiger partial charge on any atom is -0.386 e. The van der Waals surface area contributed by atoms with Crippen LogP contribution < -0.4 is 9.80 Å². The minimum atomic E-state index is -0.885. The van der Waals surface area contributed by atoms with Gasteiger partial charge in [-0.3, -0.25) is 0 Å². The van der Waals surface area contributed by atoms with Crippen LogP contribution in [-0.2, 0) is 12.0 Å². The lowest BCUT2D eigenvalue weighted by atomic mass is 10.0. The maximum Gasteiger partial charge on any atom is 0.159 e. The van der Waals surface area contributed by atoms with Crippen LogP contribution in [0.3, 0.4) is 0 Å². The van der Waals surface area contributed by atoms with Crippen molar-refractivity contribution in [1.82, 2.24) is 15.2 Å². The summed E-state index contributed by atoms with van der Waals surface area (Å²) in [6, 6.07) is 23.1. The smallest absolute Gasteiger partial charge is 0.159 e. The molecule has 1 atom stereocenters. The van der Waals surface area contributed by atoms with Gasteiger partial charge in [0, 0.05) is 54.6 Å². The van der Waals surface area contributed by atoms with Crippen molar-refractivity contribution in [2.45, 2.75) is 38.8 Å². The van der Waals surface area contributed by atoms with Crippen molar-refractivity contribution < 1.29 is 5.11 Å². The van der Waals surface area contributed by atoms with E-state index in [-0.39, 0.29) is 6.04 Å². The second-order valence-electron chi connectivity index (χ2n) is 9.63. The third kappa shape index (κ3) is 4.46. The van der Waals surface area contributed by atoms with Gasteiger partial charge >= 0.3 is 0 Å². The lowest BCUT2D eigenvalue weighted by Crippen LogP contribution is -2.52. The number of piperazine rings is 1. The zero-order chi connectivity index (χ0) is 23.7. The first-order valence-electron chi connectivity index (χ1n) is 11.9. The van der Waals surface area contributed by atoms with Crippen molar-refractivity contribution in [3.05, 3.63) is 89.7 Å². The summed E-state index contributed by atoms with van der Waals surface area (Å²) in [5, 5.41) is 21.9. The van der Waals surface area contributed by atoms with E-state index in [1.165, 1.54) is 5.56 Å². The molecule has 6 heteroatoms. The molecule has 0 radical (unpaired) electrons. The zero-order valence-corrected chi connectivity index (χ0v) is 20.0. The molecule has 5 rings (SSSR count). The Labute approximate surface area is 200 Å². The average molecular weight is 454 g/mol. The fraction of sp³-hybridized carbons (Fsp3) is 0.321. The van der Waals surface area contributed by atoms with Crippen LogP contribution >= 0.6 is 0 Å². The number of nitrogens with zero attached hydrogens (tertiary/aromatic N) is 5. The van der Waals surface area contributed by atoms with Gasteiger partial charge in [0.15, 0.2) is 5.82 Å². The summed E-state index contributed by atoms with van der Waals surface area (Å²) in [5.74, 6) is 1.89. The molecule has 4 aromatic rings. The van der Waals surface area contributed by atoms with Crippen LogP contribution in [0.15, 0.2) is 72.9 Å². The molecule has 1 N–H and O–H groups in total. The Morgan fingerprint density at radius 3 is 2.32 bits per heavy atom. The van der Waals surface area contributed by atoms with E-state index >= 15 is 0 Å². The van der Waals surface area contributed by atoms with Crippen molar-refractivity contribution in [2.75, 3.05) is 29.4 Å². The van der Waals surface area contributed by atoms with Crippen molar-refractivity contribution >= 4 is 22.4 Å². The van der Waals surface area contributed by atoms with E-state index in [2.05, 4.69) is 75.3 Å². The number of aliphatic hydroxyl groups is 1. The molecule has 3 heterocycles. The fourth-order valence-electron chi connectivity index (χ4n) is 4.69. The van der Waals surface area contributed by atoms with Crippen LogP contribution in [0.25, 0.3) is 10.8 Å². The molecule has 0 unspecified atom stereocenters. The molecule has 2 aromatic heterocycles. The molecule has 34 heavy (non-hydrogen) atoms. The number of rotatable bonds is 5. The van der Waals surface area contributed by atoms with E-state index in [4.69, 9.17) is 5.10 Å². The highest BCUT2D eigenvalue weighted by Crippen LogP contribution is 2.30. The van der Waals surface area contributed by atoms with Crippen LogP contribution in [0, 0.1) is 0 Å². The highest BCUT2D eigenvalue weighted by atomic mass is 16.3. The monoisotopic (exact) mass is 453 g/mol. The van der Waals surface area contributed by atoms with Gasteiger partial charge in [-0.15, -0.1) is 5.10 Å². The Hall–Kier alpha value is -3.51. The first-order chi connectivity index (χ1) is 16.4. The van der Waals surface area contributed by atoms with Gasteiger partial charge < -0.3 is 14.9 Å². The lowest BCUT2D eigenvalue weighted by Gasteiger charge is -2.41.